The van der Waals surface area contributed by atoms with Gasteiger partial charge in [0, 0.05) is 25.3 Å². The van der Waals surface area contributed by atoms with E-state index in [1.165, 1.54) is 6.20 Å². The van der Waals surface area contributed by atoms with Crippen molar-refractivity contribution in [3.05, 3.63) is 66.0 Å². The Kier molecular flexibility index (Phi) is 4.98. The van der Waals surface area contributed by atoms with Gasteiger partial charge in [-0.2, -0.15) is 0 Å². The molecule has 0 radical (unpaired) electrons. The van der Waals surface area contributed by atoms with Crippen LogP contribution < -0.4 is 0 Å². The molecule has 2 heterocycles. The average Bonchev–Trinajstić information content (AvgIpc) is 3.21. The van der Waals surface area contributed by atoms with E-state index in [9.17, 15) is 9.90 Å². The molecule has 1 saturated heterocycles. The van der Waals surface area contributed by atoms with E-state index in [-0.39, 0.29) is 17.8 Å². The molecular weight excluding hydrogens is 342 g/mol. The highest BCUT2D eigenvalue weighted by Gasteiger charge is 2.25. The Morgan fingerprint density at radius 1 is 1.15 bits per heavy atom. The first kappa shape index (κ1) is 17.4. The molecule has 6 nitrogen and oxygen atoms in total. The lowest BCUT2D eigenvalue weighted by atomic mass is 10.1. The number of carbonyl (C=O) groups is 1. The molecule has 4 rings (SSSR count). The topological polar surface area (TPSA) is 75.6 Å². The molecule has 0 spiro atoms. The van der Waals surface area contributed by atoms with Crippen molar-refractivity contribution in [2.75, 3.05) is 13.2 Å². The van der Waals surface area contributed by atoms with E-state index in [0.29, 0.717) is 29.9 Å². The quantitative estimate of drug-likeness (QED) is 0.754. The number of phenolic OH excluding ortho intramolecular Hbond substituents is 1. The summed E-state index contributed by atoms with van der Waals surface area (Å²) in [6.45, 7) is 1.47. The van der Waals surface area contributed by atoms with Crippen LogP contribution in [-0.4, -0.2) is 45.1 Å². The van der Waals surface area contributed by atoms with Crippen LogP contribution in [0.1, 0.15) is 28.9 Å². The van der Waals surface area contributed by atoms with Gasteiger partial charge in [-0.25, -0.2) is 4.98 Å². The van der Waals surface area contributed by atoms with Crippen LogP contribution in [0, 0.1) is 0 Å². The van der Waals surface area contributed by atoms with Crippen molar-refractivity contribution in [3.8, 4) is 5.75 Å². The van der Waals surface area contributed by atoms with Crippen molar-refractivity contribution in [3.63, 3.8) is 0 Å². The number of ether oxygens (including phenoxy) is 1. The van der Waals surface area contributed by atoms with Crippen molar-refractivity contribution < 1.29 is 14.6 Å². The van der Waals surface area contributed by atoms with Crippen molar-refractivity contribution in [1.82, 2.24) is 14.9 Å². The van der Waals surface area contributed by atoms with E-state index in [1.54, 1.807) is 17.0 Å². The van der Waals surface area contributed by atoms with Gasteiger partial charge >= 0.3 is 0 Å². The number of nitrogens with zero attached hydrogens (tertiary/aromatic N) is 3. The van der Waals surface area contributed by atoms with Crippen LogP contribution in [0.3, 0.4) is 0 Å². The fourth-order valence-corrected chi connectivity index (χ4v) is 3.33. The number of aromatic nitrogens is 2. The first-order chi connectivity index (χ1) is 13.2. The molecule has 138 valence electrons. The van der Waals surface area contributed by atoms with E-state index >= 15 is 0 Å². The number of benzene rings is 2. The maximum Gasteiger partial charge on any atom is 0.274 e. The highest BCUT2D eigenvalue weighted by molar-refractivity contribution is 5.93. The smallest absolute Gasteiger partial charge is 0.274 e. The number of para-hydroxylation sites is 3. The molecule has 1 unspecified atom stereocenters. The van der Waals surface area contributed by atoms with Crippen molar-refractivity contribution in [1.29, 1.82) is 0 Å². The van der Waals surface area contributed by atoms with Gasteiger partial charge < -0.3 is 14.7 Å². The zero-order chi connectivity index (χ0) is 18.6. The molecule has 3 aromatic rings. The van der Waals surface area contributed by atoms with Gasteiger partial charge in [-0.1, -0.05) is 30.3 Å². The Balaban J connectivity index is 1.63. The predicted octanol–water partition coefficient (Wildman–Crippen LogP) is 3.16. The summed E-state index contributed by atoms with van der Waals surface area (Å²) in [5, 5.41) is 10.1. The lowest BCUT2D eigenvalue weighted by Crippen LogP contribution is -2.37. The molecule has 1 aliphatic heterocycles. The highest BCUT2D eigenvalue weighted by atomic mass is 16.5. The third-order valence-corrected chi connectivity index (χ3v) is 4.76. The molecular formula is C21H21N3O3. The second kappa shape index (κ2) is 7.72. The van der Waals surface area contributed by atoms with Gasteiger partial charge in [-0.05, 0) is 31.0 Å². The van der Waals surface area contributed by atoms with Crippen molar-refractivity contribution >= 4 is 16.9 Å². The van der Waals surface area contributed by atoms with Gasteiger partial charge in [0.2, 0.25) is 0 Å². The molecule has 1 aliphatic rings. The fourth-order valence-electron chi connectivity index (χ4n) is 3.33. The van der Waals surface area contributed by atoms with Gasteiger partial charge in [-0.15, -0.1) is 0 Å². The molecule has 1 aromatic heterocycles. The number of rotatable bonds is 5. The lowest BCUT2D eigenvalue weighted by Gasteiger charge is -2.25. The fraction of sp³-hybridized carbons (Fsp3) is 0.286. The SMILES string of the molecule is O=C(c1cnc2ccccc2n1)N(Cc1ccccc1O)CC1CCCO1. The van der Waals surface area contributed by atoms with Crippen LogP contribution in [0.5, 0.6) is 5.75 Å². The first-order valence-electron chi connectivity index (χ1n) is 9.10. The molecule has 27 heavy (non-hydrogen) atoms. The van der Waals surface area contributed by atoms with E-state index in [2.05, 4.69) is 9.97 Å². The van der Waals surface area contributed by atoms with Crippen LogP contribution in [-0.2, 0) is 11.3 Å². The number of carbonyl (C=O) groups excluding carboxylic acids is 1. The van der Waals surface area contributed by atoms with Crippen LogP contribution in [0.4, 0.5) is 0 Å². The van der Waals surface area contributed by atoms with Gasteiger partial charge in [0.25, 0.3) is 5.91 Å². The van der Waals surface area contributed by atoms with E-state index in [4.69, 9.17) is 4.74 Å². The Morgan fingerprint density at radius 3 is 2.70 bits per heavy atom. The number of hydrogen-bond donors (Lipinski definition) is 1. The number of phenols is 1. The van der Waals surface area contributed by atoms with E-state index in [0.717, 1.165) is 25.0 Å². The number of amides is 1. The largest absolute Gasteiger partial charge is 0.508 e. The van der Waals surface area contributed by atoms with E-state index < -0.39 is 0 Å². The van der Waals surface area contributed by atoms with Gasteiger partial charge in [-0.3, -0.25) is 9.78 Å². The first-order valence-corrected chi connectivity index (χ1v) is 9.10. The van der Waals surface area contributed by atoms with Gasteiger partial charge in [0.05, 0.1) is 23.3 Å². The van der Waals surface area contributed by atoms with Crippen LogP contribution >= 0.6 is 0 Å². The molecule has 6 heteroatoms. The number of hydrogen-bond acceptors (Lipinski definition) is 5. The minimum absolute atomic E-state index is 0.00761. The van der Waals surface area contributed by atoms with Crippen molar-refractivity contribution in [2.45, 2.75) is 25.5 Å². The monoisotopic (exact) mass is 363 g/mol. The minimum Gasteiger partial charge on any atom is -0.508 e. The van der Waals surface area contributed by atoms with Crippen LogP contribution in [0.2, 0.25) is 0 Å². The van der Waals surface area contributed by atoms with Gasteiger partial charge in [0.15, 0.2) is 0 Å². The Labute approximate surface area is 157 Å². The van der Waals surface area contributed by atoms with Crippen LogP contribution in [0.15, 0.2) is 54.7 Å². The predicted molar refractivity (Wildman–Crippen MR) is 101 cm³/mol. The maximum absolute atomic E-state index is 13.2. The standard InChI is InChI=1S/C21H21N3O3/c25-20-10-4-1-6-15(20)13-24(14-16-7-5-11-27-16)21(26)19-12-22-17-8-2-3-9-18(17)23-19/h1-4,6,8-10,12,16,25H,5,7,11,13-14H2. The third kappa shape index (κ3) is 3.90. The summed E-state index contributed by atoms with van der Waals surface area (Å²) in [6.07, 6.45) is 3.44. The summed E-state index contributed by atoms with van der Waals surface area (Å²) in [4.78, 5) is 23.7. The third-order valence-electron chi connectivity index (χ3n) is 4.76. The maximum atomic E-state index is 13.2. The zero-order valence-electron chi connectivity index (χ0n) is 14.9. The van der Waals surface area contributed by atoms with Gasteiger partial charge in [0.1, 0.15) is 11.4 Å². The van der Waals surface area contributed by atoms with Crippen LogP contribution in [0.25, 0.3) is 11.0 Å². The average molecular weight is 363 g/mol. The Bertz CT molecular complexity index is 954. The summed E-state index contributed by atoms with van der Waals surface area (Å²) in [5.41, 5.74) is 2.42. The lowest BCUT2D eigenvalue weighted by molar-refractivity contribution is 0.0501. The molecule has 0 saturated carbocycles. The highest BCUT2D eigenvalue weighted by Crippen LogP contribution is 2.21. The number of fused-ring (bicyclic) bond motifs is 1. The second-order valence-electron chi connectivity index (χ2n) is 6.69. The molecule has 0 aliphatic carbocycles. The summed E-state index contributed by atoms with van der Waals surface area (Å²) in [5.74, 6) is -0.0424. The Morgan fingerprint density at radius 2 is 1.93 bits per heavy atom. The number of aromatic hydroxyl groups is 1. The summed E-state index contributed by atoms with van der Waals surface area (Å²) in [7, 11) is 0. The molecule has 1 amide bonds. The normalized spacial score (nSPS) is 16.5. The second-order valence-corrected chi connectivity index (χ2v) is 6.69. The molecule has 1 N–H and O–H groups in total. The molecule has 1 fully saturated rings. The van der Waals surface area contributed by atoms with Crippen molar-refractivity contribution in [2.24, 2.45) is 0 Å². The summed E-state index contributed by atoms with van der Waals surface area (Å²) < 4.78 is 5.72. The van der Waals surface area contributed by atoms with E-state index in [1.807, 2.05) is 36.4 Å². The molecule has 2 aromatic carbocycles. The zero-order valence-corrected chi connectivity index (χ0v) is 14.9. The summed E-state index contributed by atoms with van der Waals surface area (Å²) in [6, 6.07) is 14.5. The summed E-state index contributed by atoms with van der Waals surface area (Å²) >= 11 is 0. The molecule has 1 atom stereocenters. The Hall–Kier alpha value is -2.99. The molecule has 0 bridgehead atoms. The minimum atomic E-state index is -0.216.